The summed E-state index contributed by atoms with van der Waals surface area (Å²) in [5.41, 5.74) is 8.21. The molecule has 376 valence electrons. The number of fused-ring (bicyclic) bond motifs is 4. The molecule has 73 heavy (non-hydrogen) atoms. The van der Waals surface area contributed by atoms with Crippen LogP contribution in [0.3, 0.4) is 0 Å². The quantitative estimate of drug-likeness (QED) is 0.0633. The van der Waals surface area contributed by atoms with Crippen molar-refractivity contribution in [3.8, 4) is 28.3 Å². The van der Waals surface area contributed by atoms with Crippen LogP contribution in [0.15, 0.2) is 127 Å². The molecule has 1 aliphatic carbocycles. The van der Waals surface area contributed by atoms with E-state index in [-0.39, 0.29) is 53.7 Å². The summed E-state index contributed by atoms with van der Waals surface area (Å²) in [5, 5.41) is 22.0. The summed E-state index contributed by atoms with van der Waals surface area (Å²) in [6.07, 6.45) is 10.0. The van der Waals surface area contributed by atoms with Crippen molar-refractivity contribution in [3.63, 3.8) is 0 Å². The fourth-order valence-corrected chi connectivity index (χ4v) is 9.91. The number of aliphatic hydroxyl groups is 1. The van der Waals surface area contributed by atoms with Gasteiger partial charge in [-0.2, -0.15) is 5.10 Å². The third-order valence-electron chi connectivity index (χ3n) is 14.0. The monoisotopic (exact) mass is 984 g/mol. The van der Waals surface area contributed by atoms with Crippen molar-refractivity contribution in [2.24, 2.45) is 7.05 Å². The Morgan fingerprint density at radius 1 is 0.808 bits per heavy atom. The van der Waals surface area contributed by atoms with Gasteiger partial charge in [-0.05, 0) is 101 Å². The fraction of sp³-hybridized carbons (Fsp3) is 0.328. The van der Waals surface area contributed by atoms with Crippen LogP contribution in [0.25, 0.3) is 45.1 Å². The van der Waals surface area contributed by atoms with E-state index in [1.54, 1.807) is 28.9 Å². The summed E-state index contributed by atoms with van der Waals surface area (Å²) >= 11 is 0. The molecule has 1 fully saturated rings. The van der Waals surface area contributed by atoms with Gasteiger partial charge in [-0.1, -0.05) is 105 Å². The molecule has 3 amide bonds. The molecular weight excluding hydrogens is 924 g/mol. The topological polar surface area (TPSA) is 174 Å². The summed E-state index contributed by atoms with van der Waals surface area (Å²) in [5.74, 6) is 0.175. The number of aryl methyl sites for hydroxylation is 1. The Bertz CT molecular complexity index is 3200. The number of halogens is 1. The largest absolute Gasteiger partial charge is 0.475 e. The molecule has 3 aromatic heterocycles. The number of nitrogens with one attached hydrogen (secondary N) is 2. The number of nitrogens with zero attached hydrogens (tertiary/aromatic N) is 6. The molecule has 2 aliphatic rings. The van der Waals surface area contributed by atoms with Crippen molar-refractivity contribution in [1.29, 1.82) is 0 Å². The van der Waals surface area contributed by atoms with Crippen LogP contribution in [0.1, 0.15) is 98.4 Å². The van der Waals surface area contributed by atoms with Crippen molar-refractivity contribution in [2.45, 2.75) is 89.3 Å². The van der Waals surface area contributed by atoms with Gasteiger partial charge in [-0.15, -0.1) is 0 Å². The third kappa shape index (κ3) is 12.0. The zero-order valence-corrected chi connectivity index (χ0v) is 41.4. The van der Waals surface area contributed by atoms with Gasteiger partial charge in [0.05, 0.1) is 30.7 Å². The SMILES string of the molecule is C[C@H](CC(=O)N1CCC(O)(Cn2cnc3c(-c4ccc(CNC(=O)CCCCCCC(=O)NCCOc5ncccc5C=C5c6ccccc6-c6ccc(F)cc65)cc4)n(C)nc3c2=O)CC1)c1ccccc1. The molecule has 1 atom stereocenters. The number of aromatic nitrogens is 5. The molecule has 7 aromatic rings. The van der Waals surface area contributed by atoms with Gasteiger partial charge in [0.25, 0.3) is 5.56 Å². The molecule has 4 aromatic carbocycles. The molecule has 4 heterocycles. The highest BCUT2D eigenvalue weighted by Crippen LogP contribution is 2.45. The lowest BCUT2D eigenvalue weighted by atomic mass is 9.90. The number of pyridine rings is 1. The lowest BCUT2D eigenvalue weighted by molar-refractivity contribution is -0.136. The zero-order valence-electron chi connectivity index (χ0n) is 41.4. The van der Waals surface area contributed by atoms with Gasteiger partial charge in [-0.3, -0.25) is 28.4 Å². The molecule has 1 saturated heterocycles. The second kappa shape index (κ2) is 22.7. The van der Waals surface area contributed by atoms with E-state index in [4.69, 9.17) is 4.74 Å². The maximum Gasteiger partial charge on any atom is 0.281 e. The number of hydrogen-bond donors (Lipinski definition) is 3. The van der Waals surface area contributed by atoms with Gasteiger partial charge in [-0.25, -0.2) is 14.4 Å². The molecule has 3 N–H and O–H groups in total. The number of carbonyl (C=O) groups is 3. The molecule has 0 spiro atoms. The molecule has 0 bridgehead atoms. The van der Waals surface area contributed by atoms with Crippen LogP contribution in [0.4, 0.5) is 4.39 Å². The number of carbonyl (C=O) groups excluding carboxylic acids is 3. The summed E-state index contributed by atoms with van der Waals surface area (Å²) in [6.45, 7) is 3.84. The van der Waals surface area contributed by atoms with Crippen molar-refractivity contribution >= 4 is 40.4 Å². The van der Waals surface area contributed by atoms with Gasteiger partial charge >= 0.3 is 0 Å². The molecule has 9 rings (SSSR count). The number of piperidine rings is 1. The molecule has 0 radical (unpaired) electrons. The second-order valence-electron chi connectivity index (χ2n) is 19.2. The lowest BCUT2D eigenvalue weighted by Gasteiger charge is -2.38. The summed E-state index contributed by atoms with van der Waals surface area (Å²) < 4.78 is 23.4. The summed E-state index contributed by atoms with van der Waals surface area (Å²) in [4.78, 5) is 63.0. The summed E-state index contributed by atoms with van der Waals surface area (Å²) in [6, 6.07) is 34.2. The van der Waals surface area contributed by atoms with E-state index >= 15 is 0 Å². The van der Waals surface area contributed by atoms with E-state index in [0.29, 0.717) is 88.2 Å². The molecule has 1 aliphatic heterocycles. The number of ether oxygens (including phenoxy) is 1. The predicted molar refractivity (Wildman–Crippen MR) is 280 cm³/mol. The number of likely N-dealkylation sites (tertiary alicyclic amines) is 1. The van der Waals surface area contributed by atoms with E-state index in [2.05, 4.69) is 25.7 Å². The number of amides is 3. The zero-order chi connectivity index (χ0) is 50.9. The highest BCUT2D eigenvalue weighted by Gasteiger charge is 2.35. The minimum Gasteiger partial charge on any atom is -0.475 e. The van der Waals surface area contributed by atoms with Crippen LogP contribution in [-0.2, 0) is 34.5 Å². The lowest BCUT2D eigenvalue weighted by Crippen LogP contribution is -2.49. The first kappa shape index (κ1) is 50.2. The van der Waals surface area contributed by atoms with E-state index in [9.17, 15) is 28.7 Å². The van der Waals surface area contributed by atoms with Gasteiger partial charge < -0.3 is 25.4 Å². The average Bonchev–Trinajstić information content (AvgIpc) is 3.90. The van der Waals surface area contributed by atoms with Crippen LogP contribution >= 0.6 is 0 Å². The van der Waals surface area contributed by atoms with Crippen LogP contribution < -0.4 is 20.9 Å². The van der Waals surface area contributed by atoms with E-state index in [1.165, 1.54) is 17.0 Å². The number of rotatable bonds is 20. The van der Waals surface area contributed by atoms with Gasteiger partial charge in [0.1, 0.15) is 17.9 Å². The van der Waals surface area contributed by atoms with Crippen molar-refractivity contribution < 1.29 is 28.6 Å². The number of unbranched alkanes of at least 4 members (excludes halogenated alkanes) is 3. The van der Waals surface area contributed by atoms with Crippen molar-refractivity contribution in [2.75, 3.05) is 26.2 Å². The van der Waals surface area contributed by atoms with Crippen LogP contribution in [0, 0.1) is 5.82 Å². The van der Waals surface area contributed by atoms with Crippen LogP contribution in [0.5, 0.6) is 5.88 Å². The molecule has 15 heteroatoms. The van der Waals surface area contributed by atoms with Gasteiger partial charge in [0.15, 0.2) is 5.52 Å². The van der Waals surface area contributed by atoms with E-state index in [1.807, 2.05) is 110 Å². The van der Waals surface area contributed by atoms with E-state index in [0.717, 1.165) is 62.9 Å². The highest BCUT2D eigenvalue weighted by molar-refractivity contribution is 6.06. The van der Waals surface area contributed by atoms with Crippen LogP contribution in [-0.4, -0.2) is 83.9 Å². The maximum absolute atomic E-state index is 14.3. The third-order valence-corrected chi connectivity index (χ3v) is 14.0. The molecule has 0 unspecified atom stereocenters. The second-order valence-corrected chi connectivity index (χ2v) is 19.2. The standard InChI is InChI=1S/C58H61FN8O6/c1-39(41-13-6-5-7-14-41)33-52(70)66-30-26-58(72,27-31-66)37-67-38-63-53-54(57(67)71)64-65(2)55(53)42-22-20-40(21-23-42)36-62-51(69)19-9-4-3-8-18-50(68)60-29-32-73-56-43(15-12-28-61-56)34-48-46-17-11-10-16-45(46)47-25-24-44(59)35-49(47)48/h5-7,10-17,20-25,28,34-35,38-39,72H,3-4,8-9,18-19,26-27,29-33,36-37H2,1-2H3,(H,60,68)(H,62,69)/t39-/m1/s1. The van der Waals surface area contributed by atoms with Crippen molar-refractivity contribution in [3.05, 3.63) is 166 Å². The van der Waals surface area contributed by atoms with Gasteiger partial charge in [0, 0.05) is 63.3 Å². The Kier molecular flexibility index (Phi) is 15.6. The Labute approximate surface area is 424 Å². The minimum atomic E-state index is -1.17. The average molecular weight is 985 g/mol. The minimum absolute atomic E-state index is 0.0453. The maximum atomic E-state index is 14.3. The Morgan fingerprint density at radius 2 is 1.51 bits per heavy atom. The first-order valence-corrected chi connectivity index (χ1v) is 25.2. The molecule has 14 nitrogen and oxygen atoms in total. The molecular formula is C58H61FN8O6. The van der Waals surface area contributed by atoms with Gasteiger partial charge in [0.2, 0.25) is 23.6 Å². The van der Waals surface area contributed by atoms with Crippen molar-refractivity contribution in [1.82, 2.24) is 39.8 Å². The first-order chi connectivity index (χ1) is 35.4. The predicted octanol–water partition coefficient (Wildman–Crippen LogP) is 8.60. The Morgan fingerprint density at radius 3 is 2.26 bits per heavy atom. The van der Waals surface area contributed by atoms with Crippen LogP contribution in [0.2, 0.25) is 0 Å². The van der Waals surface area contributed by atoms with E-state index < -0.39 is 5.60 Å². The smallest absolute Gasteiger partial charge is 0.281 e. The molecule has 0 saturated carbocycles. The normalized spacial score (nSPS) is 14.7. The first-order valence-electron chi connectivity index (χ1n) is 25.2. The Hall–Kier alpha value is -7.78. The Balaban J connectivity index is 0.666. The summed E-state index contributed by atoms with van der Waals surface area (Å²) in [7, 11) is 1.76. The number of benzene rings is 4. The highest BCUT2D eigenvalue weighted by atomic mass is 19.1. The number of hydrogen-bond acceptors (Lipinski definition) is 9. The fourth-order valence-electron chi connectivity index (χ4n) is 9.91.